The zero-order chi connectivity index (χ0) is 16.6. The molecule has 1 aromatic carbocycles. The molecule has 1 aromatic heterocycles. The normalized spacial score (nSPS) is 17.2. The van der Waals surface area contributed by atoms with Crippen LogP contribution in [-0.4, -0.2) is 33.4 Å². The molecule has 5 nitrogen and oxygen atoms in total. The van der Waals surface area contributed by atoms with Crippen molar-refractivity contribution in [1.29, 1.82) is 0 Å². The molecule has 2 heterocycles. The van der Waals surface area contributed by atoms with Gasteiger partial charge in [-0.3, -0.25) is 9.59 Å². The predicted octanol–water partition coefficient (Wildman–Crippen LogP) is 3.09. The van der Waals surface area contributed by atoms with Gasteiger partial charge in [-0.2, -0.15) is 0 Å². The van der Waals surface area contributed by atoms with Gasteiger partial charge in [0.15, 0.2) is 0 Å². The summed E-state index contributed by atoms with van der Waals surface area (Å²) in [4.78, 5) is 30.7. The lowest BCUT2D eigenvalue weighted by atomic mass is 9.90. The highest BCUT2D eigenvalue weighted by atomic mass is 32.1. The number of benzene rings is 1. The summed E-state index contributed by atoms with van der Waals surface area (Å²) in [5, 5.41) is 10.4. The van der Waals surface area contributed by atoms with E-state index in [4.69, 9.17) is 0 Å². The third-order valence-corrected chi connectivity index (χ3v) is 5.29. The maximum atomic E-state index is 12.7. The molecular formula is C17H18N2O3S. The Hall–Kier alpha value is -2.21. The van der Waals surface area contributed by atoms with E-state index in [2.05, 4.69) is 4.98 Å². The van der Waals surface area contributed by atoms with Crippen LogP contribution < -0.4 is 0 Å². The molecule has 2 aromatic rings. The van der Waals surface area contributed by atoms with Crippen LogP contribution in [0.25, 0.3) is 0 Å². The molecule has 1 unspecified atom stereocenters. The van der Waals surface area contributed by atoms with Crippen LogP contribution in [0.3, 0.4) is 0 Å². The van der Waals surface area contributed by atoms with Crippen LogP contribution in [0.15, 0.2) is 30.5 Å². The number of carbonyl (C=O) groups excluding carboxylic acids is 1. The number of aliphatic carboxylic acids is 1. The number of hydrogen-bond donors (Lipinski definition) is 1. The zero-order valence-electron chi connectivity index (χ0n) is 13.0. The van der Waals surface area contributed by atoms with E-state index in [-0.39, 0.29) is 18.4 Å². The van der Waals surface area contributed by atoms with Gasteiger partial charge in [0, 0.05) is 19.0 Å². The summed E-state index contributed by atoms with van der Waals surface area (Å²) in [6, 6.07) is 7.43. The van der Waals surface area contributed by atoms with Gasteiger partial charge in [0.1, 0.15) is 4.88 Å². The molecule has 0 saturated heterocycles. The van der Waals surface area contributed by atoms with Gasteiger partial charge >= 0.3 is 5.97 Å². The minimum Gasteiger partial charge on any atom is -0.481 e. The van der Waals surface area contributed by atoms with Crippen molar-refractivity contribution >= 4 is 23.2 Å². The van der Waals surface area contributed by atoms with Gasteiger partial charge in [0.2, 0.25) is 0 Å². The molecule has 23 heavy (non-hydrogen) atoms. The molecule has 0 spiro atoms. The predicted molar refractivity (Wildman–Crippen MR) is 87.8 cm³/mol. The van der Waals surface area contributed by atoms with Crippen molar-refractivity contribution in [3.8, 4) is 0 Å². The minimum atomic E-state index is -0.901. The fourth-order valence-corrected chi connectivity index (χ4v) is 3.67. The fraction of sp³-hybridized carbons (Fsp3) is 0.353. The second kappa shape index (κ2) is 6.12. The highest BCUT2D eigenvalue weighted by Crippen LogP contribution is 2.30. The monoisotopic (exact) mass is 330 g/mol. The van der Waals surface area contributed by atoms with Crippen molar-refractivity contribution in [1.82, 2.24) is 9.88 Å². The third kappa shape index (κ3) is 2.99. The SMILES string of the molecule is CC(C)c1ncc(C(=O)N2Cc3ccccc3C(C(=O)O)C2)s1. The third-order valence-electron chi connectivity index (χ3n) is 4.01. The minimum absolute atomic E-state index is 0.143. The molecule has 3 rings (SSSR count). The van der Waals surface area contributed by atoms with Crippen molar-refractivity contribution in [2.45, 2.75) is 32.2 Å². The number of carboxylic acid groups (broad SMARTS) is 1. The lowest BCUT2D eigenvalue weighted by Crippen LogP contribution is -2.40. The second-order valence-corrected chi connectivity index (χ2v) is 7.05. The molecule has 0 bridgehead atoms. The van der Waals surface area contributed by atoms with Crippen molar-refractivity contribution in [3.63, 3.8) is 0 Å². The maximum Gasteiger partial charge on any atom is 0.312 e. The Labute approximate surface area is 138 Å². The summed E-state index contributed by atoms with van der Waals surface area (Å²) in [5.74, 6) is -1.45. The van der Waals surface area contributed by atoms with E-state index in [9.17, 15) is 14.7 Å². The number of amides is 1. The van der Waals surface area contributed by atoms with E-state index in [1.165, 1.54) is 11.3 Å². The fourth-order valence-electron chi connectivity index (χ4n) is 2.78. The van der Waals surface area contributed by atoms with Crippen LogP contribution in [-0.2, 0) is 11.3 Å². The van der Waals surface area contributed by atoms with Crippen LogP contribution in [0.1, 0.15) is 51.5 Å². The van der Waals surface area contributed by atoms with Gasteiger partial charge in [-0.25, -0.2) is 4.98 Å². The number of aromatic nitrogens is 1. The molecule has 0 saturated carbocycles. The smallest absolute Gasteiger partial charge is 0.312 e. The molecule has 1 N–H and O–H groups in total. The Morgan fingerprint density at radius 2 is 2.09 bits per heavy atom. The molecular weight excluding hydrogens is 312 g/mol. The standard InChI is InChI=1S/C17H18N2O3S/c1-10(2)15-18-7-14(23-15)16(20)19-8-11-5-3-4-6-12(11)13(9-19)17(21)22/h3-7,10,13H,8-9H2,1-2H3,(H,21,22). The van der Waals surface area contributed by atoms with Crippen LogP contribution in [0.4, 0.5) is 0 Å². The first kappa shape index (κ1) is 15.7. The van der Waals surface area contributed by atoms with E-state index in [1.54, 1.807) is 11.1 Å². The Balaban J connectivity index is 1.89. The summed E-state index contributed by atoms with van der Waals surface area (Å²) in [6.45, 7) is 4.70. The van der Waals surface area contributed by atoms with Gasteiger partial charge in [-0.15, -0.1) is 11.3 Å². The van der Waals surface area contributed by atoms with Gasteiger partial charge in [-0.1, -0.05) is 38.1 Å². The van der Waals surface area contributed by atoms with Crippen LogP contribution in [0.2, 0.25) is 0 Å². The molecule has 0 radical (unpaired) electrons. The van der Waals surface area contributed by atoms with E-state index < -0.39 is 11.9 Å². The summed E-state index contributed by atoms with van der Waals surface area (Å²) in [5.41, 5.74) is 1.70. The highest BCUT2D eigenvalue weighted by Gasteiger charge is 2.33. The lowest BCUT2D eigenvalue weighted by Gasteiger charge is -2.32. The molecule has 0 fully saturated rings. The molecule has 6 heteroatoms. The number of fused-ring (bicyclic) bond motifs is 1. The molecule has 0 aliphatic carbocycles. The van der Waals surface area contributed by atoms with Crippen LogP contribution in [0.5, 0.6) is 0 Å². The number of thiazole rings is 1. The summed E-state index contributed by atoms with van der Waals surface area (Å²) in [6.07, 6.45) is 1.60. The Bertz CT molecular complexity index is 754. The topological polar surface area (TPSA) is 70.5 Å². The first-order chi connectivity index (χ1) is 11.0. The Morgan fingerprint density at radius 3 is 2.74 bits per heavy atom. The van der Waals surface area contributed by atoms with E-state index in [0.29, 0.717) is 11.4 Å². The van der Waals surface area contributed by atoms with E-state index in [0.717, 1.165) is 16.1 Å². The van der Waals surface area contributed by atoms with E-state index in [1.807, 2.05) is 38.1 Å². The van der Waals surface area contributed by atoms with Gasteiger partial charge < -0.3 is 10.0 Å². The second-order valence-electron chi connectivity index (χ2n) is 5.99. The van der Waals surface area contributed by atoms with Gasteiger partial charge in [-0.05, 0) is 11.1 Å². The summed E-state index contributed by atoms with van der Waals surface area (Å²) >= 11 is 1.38. The molecule has 1 aliphatic rings. The molecule has 1 aliphatic heterocycles. The van der Waals surface area contributed by atoms with Gasteiger partial charge in [0.25, 0.3) is 5.91 Å². The summed E-state index contributed by atoms with van der Waals surface area (Å²) < 4.78 is 0. The van der Waals surface area contributed by atoms with Crippen molar-refractivity contribution in [2.24, 2.45) is 0 Å². The average molecular weight is 330 g/mol. The zero-order valence-corrected chi connectivity index (χ0v) is 13.8. The maximum absolute atomic E-state index is 12.7. The first-order valence-electron chi connectivity index (χ1n) is 7.53. The van der Waals surface area contributed by atoms with Crippen LogP contribution >= 0.6 is 11.3 Å². The van der Waals surface area contributed by atoms with E-state index >= 15 is 0 Å². The van der Waals surface area contributed by atoms with Gasteiger partial charge in [0.05, 0.1) is 17.1 Å². The molecule has 1 amide bonds. The Morgan fingerprint density at radius 1 is 1.35 bits per heavy atom. The quantitative estimate of drug-likeness (QED) is 0.939. The largest absolute Gasteiger partial charge is 0.481 e. The summed E-state index contributed by atoms with van der Waals surface area (Å²) in [7, 11) is 0. The van der Waals surface area contributed by atoms with Crippen molar-refractivity contribution < 1.29 is 14.7 Å². The Kier molecular flexibility index (Phi) is 4.17. The lowest BCUT2D eigenvalue weighted by molar-refractivity contribution is -0.139. The van der Waals surface area contributed by atoms with Crippen LogP contribution in [0, 0.1) is 0 Å². The highest BCUT2D eigenvalue weighted by molar-refractivity contribution is 7.13. The van der Waals surface area contributed by atoms with Crippen molar-refractivity contribution in [3.05, 3.63) is 51.5 Å². The number of carboxylic acids is 1. The van der Waals surface area contributed by atoms with Crippen molar-refractivity contribution in [2.75, 3.05) is 6.54 Å². The number of rotatable bonds is 3. The first-order valence-corrected chi connectivity index (χ1v) is 8.34. The molecule has 120 valence electrons. The number of carbonyl (C=O) groups is 2. The number of nitrogens with zero attached hydrogens (tertiary/aromatic N) is 2. The number of hydrogen-bond acceptors (Lipinski definition) is 4. The molecule has 1 atom stereocenters. The average Bonchev–Trinajstić information content (AvgIpc) is 3.03.